The quantitative estimate of drug-likeness (QED) is 0.138. The number of halogens is 1. The molecular formula is C32H31ClN6O5. The van der Waals surface area contributed by atoms with Gasteiger partial charge in [0.05, 0.1) is 21.2 Å². The standard InChI is InChI=1S/C32H31ClN6O5/c1-31(2,3)44-30(40)38-15-7-12-32(38,4)13-11-21-16-26-24(18-27(21)39(41)42)29(36-20-35-26)37-22-9-10-28(25(33)17-22)43-19-23-8-5-6-14-34-23/h5-6,8-10,14,16-18,20H,7,12,15,19H2,1-4H3,(H,35,36,37). The smallest absolute Gasteiger partial charge is 0.411 e. The van der Waals surface area contributed by atoms with Crippen molar-refractivity contribution in [2.24, 2.45) is 0 Å². The molecule has 11 nitrogen and oxygen atoms in total. The Morgan fingerprint density at radius 3 is 2.70 bits per heavy atom. The molecule has 0 radical (unpaired) electrons. The van der Waals surface area contributed by atoms with Gasteiger partial charge in [0, 0.05) is 29.9 Å². The van der Waals surface area contributed by atoms with Gasteiger partial charge in [-0.1, -0.05) is 29.5 Å². The van der Waals surface area contributed by atoms with Crippen molar-refractivity contribution in [3.63, 3.8) is 0 Å². The van der Waals surface area contributed by atoms with Gasteiger partial charge in [0.15, 0.2) is 0 Å². The minimum absolute atomic E-state index is 0.182. The number of carbonyl (C=O) groups is 1. The van der Waals surface area contributed by atoms with Crippen molar-refractivity contribution in [3.05, 3.63) is 87.4 Å². The van der Waals surface area contributed by atoms with Crippen LogP contribution in [0.25, 0.3) is 10.9 Å². The zero-order valence-corrected chi connectivity index (χ0v) is 25.5. The Morgan fingerprint density at radius 1 is 1.18 bits per heavy atom. The molecule has 2 aromatic heterocycles. The molecule has 1 N–H and O–H groups in total. The van der Waals surface area contributed by atoms with Crippen LogP contribution in [0.1, 0.15) is 51.8 Å². The summed E-state index contributed by atoms with van der Waals surface area (Å²) in [6.07, 6.45) is 3.95. The summed E-state index contributed by atoms with van der Waals surface area (Å²) < 4.78 is 11.4. The largest absolute Gasteiger partial charge is 0.486 e. The minimum Gasteiger partial charge on any atom is -0.486 e. The summed E-state index contributed by atoms with van der Waals surface area (Å²) in [7, 11) is 0. The molecule has 0 aliphatic carbocycles. The van der Waals surface area contributed by atoms with Gasteiger partial charge in [0.1, 0.15) is 41.2 Å². The van der Waals surface area contributed by atoms with Crippen molar-refractivity contribution in [2.75, 3.05) is 11.9 Å². The first-order chi connectivity index (χ1) is 20.9. The van der Waals surface area contributed by atoms with Crippen molar-refractivity contribution in [3.8, 4) is 17.6 Å². The summed E-state index contributed by atoms with van der Waals surface area (Å²) in [6, 6.07) is 13.7. The Morgan fingerprint density at radius 2 is 2.00 bits per heavy atom. The number of hydrogen-bond acceptors (Lipinski definition) is 9. The lowest BCUT2D eigenvalue weighted by Gasteiger charge is -2.32. The molecule has 1 aliphatic heterocycles. The molecular weight excluding hydrogens is 584 g/mol. The van der Waals surface area contributed by atoms with E-state index >= 15 is 0 Å². The van der Waals surface area contributed by atoms with Crippen molar-refractivity contribution in [2.45, 2.75) is 58.3 Å². The average Bonchev–Trinajstić information content (AvgIpc) is 3.37. The first-order valence-electron chi connectivity index (χ1n) is 14.0. The maximum atomic E-state index is 12.8. The van der Waals surface area contributed by atoms with Crippen LogP contribution in [0.2, 0.25) is 5.02 Å². The molecule has 0 bridgehead atoms. The molecule has 1 amide bonds. The normalized spacial score (nSPS) is 16.2. The molecule has 0 spiro atoms. The second-order valence-electron chi connectivity index (χ2n) is 11.5. The third kappa shape index (κ3) is 6.98. The number of rotatable bonds is 6. The second kappa shape index (κ2) is 12.3. The number of amides is 1. The Bertz CT molecular complexity index is 1780. The number of aromatic nitrogens is 3. The van der Waals surface area contributed by atoms with Crippen molar-refractivity contribution < 1.29 is 19.2 Å². The van der Waals surface area contributed by atoms with Gasteiger partial charge in [-0.25, -0.2) is 14.8 Å². The summed E-state index contributed by atoms with van der Waals surface area (Å²) in [5.74, 6) is 6.92. The van der Waals surface area contributed by atoms with Crippen LogP contribution in [0.15, 0.2) is 61.1 Å². The Hall–Kier alpha value is -4.95. The lowest BCUT2D eigenvalue weighted by Crippen LogP contribution is -2.46. The number of hydrogen-bond donors (Lipinski definition) is 1. The number of pyridine rings is 1. The van der Waals surface area contributed by atoms with Gasteiger partial charge in [0.25, 0.3) is 5.69 Å². The molecule has 3 heterocycles. The van der Waals surface area contributed by atoms with E-state index in [1.54, 1.807) is 56.1 Å². The van der Waals surface area contributed by atoms with Crippen LogP contribution in [-0.2, 0) is 11.3 Å². The molecule has 1 atom stereocenters. The zero-order valence-electron chi connectivity index (χ0n) is 24.8. The van der Waals surface area contributed by atoms with Gasteiger partial charge in [-0.05, 0) is 76.9 Å². The summed E-state index contributed by atoms with van der Waals surface area (Å²) in [4.78, 5) is 39.0. The fourth-order valence-electron chi connectivity index (χ4n) is 4.81. The zero-order chi connectivity index (χ0) is 31.5. The van der Waals surface area contributed by atoms with Crippen LogP contribution in [0, 0.1) is 22.0 Å². The fraction of sp³-hybridized carbons (Fsp3) is 0.312. The Labute approximate surface area is 259 Å². The van der Waals surface area contributed by atoms with E-state index in [-0.39, 0.29) is 17.9 Å². The maximum Gasteiger partial charge on any atom is 0.411 e. The van der Waals surface area contributed by atoms with Crippen LogP contribution in [0.4, 0.5) is 22.0 Å². The highest BCUT2D eigenvalue weighted by Gasteiger charge is 2.40. The lowest BCUT2D eigenvalue weighted by atomic mass is 9.99. The molecule has 226 valence electrons. The third-order valence-electron chi connectivity index (χ3n) is 6.97. The highest BCUT2D eigenvalue weighted by Crippen LogP contribution is 2.34. The number of nitrogens with one attached hydrogen (secondary N) is 1. The second-order valence-corrected chi connectivity index (χ2v) is 11.9. The average molecular weight is 615 g/mol. The van der Waals surface area contributed by atoms with Crippen LogP contribution in [0.3, 0.4) is 0 Å². The van der Waals surface area contributed by atoms with Crippen LogP contribution >= 0.6 is 11.6 Å². The number of fused-ring (bicyclic) bond motifs is 1. The predicted octanol–water partition coefficient (Wildman–Crippen LogP) is 7.05. The Kier molecular flexibility index (Phi) is 8.56. The molecule has 2 aromatic carbocycles. The van der Waals surface area contributed by atoms with Gasteiger partial charge >= 0.3 is 6.09 Å². The van der Waals surface area contributed by atoms with E-state index in [1.807, 2.05) is 25.1 Å². The maximum absolute atomic E-state index is 12.8. The number of ether oxygens (including phenoxy) is 2. The number of carbonyl (C=O) groups excluding carboxylic acids is 1. The molecule has 1 fully saturated rings. The van der Waals surface area contributed by atoms with Crippen LogP contribution < -0.4 is 10.1 Å². The molecule has 1 aliphatic rings. The van der Waals surface area contributed by atoms with Crippen molar-refractivity contribution >= 4 is 45.8 Å². The number of nitrogens with zero attached hydrogens (tertiary/aromatic N) is 5. The molecule has 4 aromatic rings. The minimum atomic E-state index is -0.837. The number of nitro benzene ring substituents is 1. The van der Waals surface area contributed by atoms with E-state index in [0.29, 0.717) is 46.1 Å². The van der Waals surface area contributed by atoms with Gasteiger partial charge in [-0.2, -0.15) is 0 Å². The number of likely N-dealkylation sites (tertiary alicyclic amines) is 1. The van der Waals surface area contributed by atoms with Crippen LogP contribution in [0.5, 0.6) is 5.75 Å². The SMILES string of the molecule is CC(C)(C)OC(=O)N1CCCC1(C)C#Cc1cc2ncnc(Nc3ccc(OCc4ccccn4)c(Cl)c3)c2cc1[N+](=O)[O-]. The van der Waals surface area contributed by atoms with E-state index in [2.05, 4.69) is 32.1 Å². The predicted molar refractivity (Wildman–Crippen MR) is 167 cm³/mol. The highest BCUT2D eigenvalue weighted by atomic mass is 35.5. The van der Waals surface area contributed by atoms with Crippen LogP contribution in [-0.4, -0.2) is 48.6 Å². The first-order valence-corrected chi connectivity index (χ1v) is 14.4. The molecule has 12 heteroatoms. The summed E-state index contributed by atoms with van der Waals surface area (Å²) >= 11 is 6.47. The molecule has 1 saturated heterocycles. The number of benzene rings is 2. The summed E-state index contributed by atoms with van der Waals surface area (Å²) in [5, 5.41) is 16.1. The van der Waals surface area contributed by atoms with Gasteiger partial charge < -0.3 is 14.8 Å². The molecule has 0 saturated carbocycles. The molecule has 5 rings (SSSR count). The highest BCUT2D eigenvalue weighted by molar-refractivity contribution is 6.32. The third-order valence-corrected chi connectivity index (χ3v) is 7.26. The number of nitro groups is 1. The van der Waals surface area contributed by atoms with Gasteiger partial charge in [0.2, 0.25) is 0 Å². The molecule has 1 unspecified atom stereocenters. The van der Waals surface area contributed by atoms with E-state index < -0.39 is 22.2 Å². The lowest BCUT2D eigenvalue weighted by molar-refractivity contribution is -0.385. The van der Waals surface area contributed by atoms with E-state index in [1.165, 1.54) is 12.4 Å². The summed E-state index contributed by atoms with van der Waals surface area (Å²) in [5.41, 5.74) is 0.309. The Balaban J connectivity index is 1.41. The van der Waals surface area contributed by atoms with Gasteiger partial charge in [-0.15, -0.1) is 0 Å². The fourth-order valence-corrected chi connectivity index (χ4v) is 5.05. The topological polar surface area (TPSA) is 133 Å². The van der Waals surface area contributed by atoms with Crippen molar-refractivity contribution in [1.82, 2.24) is 19.9 Å². The first kappa shape index (κ1) is 30.5. The van der Waals surface area contributed by atoms with Crippen molar-refractivity contribution in [1.29, 1.82) is 0 Å². The monoisotopic (exact) mass is 614 g/mol. The van der Waals surface area contributed by atoms with Gasteiger partial charge in [-0.3, -0.25) is 20.0 Å². The van der Waals surface area contributed by atoms with E-state index in [0.717, 1.165) is 12.1 Å². The van der Waals surface area contributed by atoms with E-state index in [4.69, 9.17) is 21.1 Å². The molecule has 44 heavy (non-hydrogen) atoms. The number of anilines is 2. The summed E-state index contributed by atoms with van der Waals surface area (Å²) in [6.45, 7) is 8.00. The van der Waals surface area contributed by atoms with E-state index in [9.17, 15) is 14.9 Å².